The molecule has 5 nitrogen and oxygen atoms in total. The van der Waals surface area contributed by atoms with Crippen molar-refractivity contribution in [1.29, 1.82) is 0 Å². The Morgan fingerprint density at radius 3 is 2.81 bits per heavy atom. The summed E-state index contributed by atoms with van der Waals surface area (Å²) in [6.07, 6.45) is 4.05. The third-order valence-corrected chi connectivity index (χ3v) is 4.39. The molecule has 0 fully saturated rings. The van der Waals surface area contributed by atoms with Crippen LogP contribution in [0.3, 0.4) is 0 Å². The number of hydrogen-bond donors (Lipinski definition) is 1. The van der Waals surface area contributed by atoms with Crippen molar-refractivity contribution in [3.63, 3.8) is 0 Å². The van der Waals surface area contributed by atoms with Gasteiger partial charge in [0.15, 0.2) is 11.6 Å². The van der Waals surface area contributed by atoms with Crippen molar-refractivity contribution in [2.24, 2.45) is 0 Å². The van der Waals surface area contributed by atoms with Crippen molar-refractivity contribution < 1.29 is 18.3 Å². The van der Waals surface area contributed by atoms with Crippen LogP contribution in [0.25, 0.3) is 0 Å². The molecule has 0 bridgehead atoms. The van der Waals surface area contributed by atoms with Gasteiger partial charge in [0, 0.05) is 24.9 Å². The molecule has 1 aliphatic rings. The quantitative estimate of drug-likeness (QED) is 0.865. The average Bonchev–Trinajstić information content (AvgIpc) is 2.93. The maximum Gasteiger partial charge on any atom is 0.408 e. The van der Waals surface area contributed by atoms with Crippen LogP contribution in [-0.2, 0) is 11.3 Å². The number of amides is 1. The van der Waals surface area contributed by atoms with Crippen LogP contribution >= 0.6 is 0 Å². The van der Waals surface area contributed by atoms with Crippen LogP contribution in [0.5, 0.6) is 0 Å². The molecule has 2 atom stereocenters. The topological polar surface area (TPSA) is 56.1 Å². The van der Waals surface area contributed by atoms with E-state index >= 15 is 0 Å². The Bertz CT molecular complexity index is 798. The molecule has 2 aromatic rings. The summed E-state index contributed by atoms with van der Waals surface area (Å²) in [7, 11) is 0. The van der Waals surface area contributed by atoms with Gasteiger partial charge < -0.3 is 14.6 Å². The van der Waals surface area contributed by atoms with Crippen molar-refractivity contribution in [3.05, 3.63) is 53.6 Å². The zero-order valence-electron chi connectivity index (χ0n) is 15.1. The standard InChI is InChI=1S/C19H23F2N3O2/c1-19(2,3)26-18(25)23-15-8-7-12(11-24-10-9-22-17(15)24)13-5-4-6-14(20)16(13)21/h4-6,9-10,12,15H,7-8,11H2,1-3H3,(H,23,25)/t12-,15-/m1/s1. The van der Waals surface area contributed by atoms with E-state index in [4.69, 9.17) is 4.74 Å². The van der Waals surface area contributed by atoms with Gasteiger partial charge in [0.25, 0.3) is 0 Å². The van der Waals surface area contributed by atoms with E-state index in [0.29, 0.717) is 30.8 Å². The molecule has 7 heteroatoms. The second kappa shape index (κ2) is 7.05. The highest BCUT2D eigenvalue weighted by Crippen LogP contribution is 2.34. The van der Waals surface area contributed by atoms with Gasteiger partial charge in [-0.2, -0.15) is 0 Å². The molecule has 0 aliphatic carbocycles. The van der Waals surface area contributed by atoms with Crippen LogP contribution in [0.2, 0.25) is 0 Å². The van der Waals surface area contributed by atoms with Crippen LogP contribution in [0.1, 0.15) is 57.0 Å². The summed E-state index contributed by atoms with van der Waals surface area (Å²) >= 11 is 0. The Labute approximate surface area is 151 Å². The fourth-order valence-electron chi connectivity index (χ4n) is 3.29. The maximum atomic E-state index is 14.2. The van der Waals surface area contributed by atoms with Gasteiger partial charge in [-0.1, -0.05) is 12.1 Å². The Balaban J connectivity index is 1.81. The molecule has 0 unspecified atom stereocenters. The highest BCUT2D eigenvalue weighted by molar-refractivity contribution is 5.68. The molecule has 1 aromatic heterocycles. The summed E-state index contributed by atoms with van der Waals surface area (Å²) in [5.41, 5.74) is -0.250. The molecule has 3 rings (SSSR count). The molecule has 2 heterocycles. The second-order valence-corrected chi connectivity index (χ2v) is 7.55. The lowest BCUT2D eigenvalue weighted by atomic mass is 9.93. The molecule has 140 valence electrons. The van der Waals surface area contributed by atoms with Crippen molar-refractivity contribution in [1.82, 2.24) is 14.9 Å². The number of aromatic nitrogens is 2. The molecular formula is C19H23F2N3O2. The van der Waals surface area contributed by atoms with E-state index < -0.39 is 23.3 Å². The van der Waals surface area contributed by atoms with E-state index in [1.54, 1.807) is 39.2 Å². The summed E-state index contributed by atoms with van der Waals surface area (Å²) in [5.74, 6) is -1.17. The number of halogens is 2. The molecular weight excluding hydrogens is 340 g/mol. The van der Waals surface area contributed by atoms with Crippen LogP contribution in [0.4, 0.5) is 13.6 Å². The van der Waals surface area contributed by atoms with E-state index in [9.17, 15) is 13.6 Å². The first-order valence-electron chi connectivity index (χ1n) is 8.69. The van der Waals surface area contributed by atoms with Crippen molar-refractivity contribution in [2.45, 2.75) is 57.7 Å². The fraction of sp³-hybridized carbons (Fsp3) is 0.474. The molecule has 0 saturated carbocycles. The number of nitrogens with zero attached hydrogens (tertiary/aromatic N) is 2. The number of ether oxygens (including phenoxy) is 1. The third-order valence-electron chi connectivity index (χ3n) is 4.39. The minimum Gasteiger partial charge on any atom is -0.444 e. The highest BCUT2D eigenvalue weighted by atomic mass is 19.2. The van der Waals surface area contributed by atoms with Crippen LogP contribution in [-0.4, -0.2) is 21.2 Å². The van der Waals surface area contributed by atoms with Gasteiger partial charge in [-0.05, 0) is 45.2 Å². The predicted molar refractivity (Wildman–Crippen MR) is 92.7 cm³/mol. The maximum absolute atomic E-state index is 14.2. The Morgan fingerprint density at radius 1 is 1.31 bits per heavy atom. The van der Waals surface area contributed by atoms with Crippen molar-refractivity contribution in [2.75, 3.05) is 0 Å². The van der Waals surface area contributed by atoms with Gasteiger partial charge in [-0.15, -0.1) is 0 Å². The zero-order chi connectivity index (χ0) is 18.9. The number of carbonyl (C=O) groups is 1. The summed E-state index contributed by atoms with van der Waals surface area (Å²) < 4.78 is 35.0. The first kappa shape index (κ1) is 18.4. The summed E-state index contributed by atoms with van der Waals surface area (Å²) in [5, 5.41) is 2.84. The normalized spacial score (nSPS) is 20.2. The van der Waals surface area contributed by atoms with Gasteiger partial charge in [0.2, 0.25) is 0 Å². The number of benzene rings is 1. The van der Waals surface area contributed by atoms with Crippen molar-refractivity contribution in [3.8, 4) is 0 Å². The smallest absolute Gasteiger partial charge is 0.408 e. The number of imidazole rings is 1. The van der Waals surface area contributed by atoms with Crippen LogP contribution in [0, 0.1) is 11.6 Å². The Hall–Kier alpha value is -2.44. The number of hydrogen-bond acceptors (Lipinski definition) is 3. The minimum atomic E-state index is -0.846. The monoisotopic (exact) mass is 363 g/mol. The molecule has 1 amide bonds. The lowest BCUT2D eigenvalue weighted by molar-refractivity contribution is 0.0498. The highest BCUT2D eigenvalue weighted by Gasteiger charge is 2.29. The van der Waals surface area contributed by atoms with E-state index in [0.717, 1.165) is 6.07 Å². The van der Waals surface area contributed by atoms with Gasteiger partial charge in [-0.3, -0.25) is 0 Å². The molecule has 1 aliphatic heterocycles. The molecule has 1 aromatic carbocycles. The Kier molecular flexibility index (Phi) is 4.98. The SMILES string of the molecule is CC(C)(C)OC(=O)N[C@@H]1CC[C@@H](c2cccc(F)c2F)Cn2ccnc21. The van der Waals surface area contributed by atoms with Gasteiger partial charge in [-0.25, -0.2) is 18.6 Å². The zero-order valence-corrected chi connectivity index (χ0v) is 15.1. The molecule has 0 saturated heterocycles. The largest absolute Gasteiger partial charge is 0.444 e. The number of carbonyl (C=O) groups excluding carboxylic acids is 1. The molecule has 0 spiro atoms. The first-order valence-corrected chi connectivity index (χ1v) is 8.69. The number of rotatable bonds is 2. The first-order chi connectivity index (χ1) is 12.2. The molecule has 1 N–H and O–H groups in total. The average molecular weight is 363 g/mol. The summed E-state index contributed by atoms with van der Waals surface area (Å²) in [6, 6.07) is 3.90. The predicted octanol–water partition coefficient (Wildman–Crippen LogP) is 4.30. The second-order valence-electron chi connectivity index (χ2n) is 7.55. The van der Waals surface area contributed by atoms with E-state index in [1.165, 1.54) is 6.07 Å². The fourth-order valence-corrected chi connectivity index (χ4v) is 3.29. The molecule has 26 heavy (non-hydrogen) atoms. The lowest BCUT2D eigenvalue weighted by Crippen LogP contribution is -2.35. The Morgan fingerprint density at radius 2 is 2.08 bits per heavy atom. The van der Waals surface area contributed by atoms with Gasteiger partial charge in [0.05, 0.1) is 6.04 Å². The number of alkyl carbamates (subject to hydrolysis) is 1. The van der Waals surface area contributed by atoms with E-state index in [1.807, 2.05) is 4.57 Å². The third kappa shape index (κ3) is 4.03. The van der Waals surface area contributed by atoms with Gasteiger partial charge in [0.1, 0.15) is 11.4 Å². The van der Waals surface area contributed by atoms with Gasteiger partial charge >= 0.3 is 6.09 Å². The van der Waals surface area contributed by atoms with Crippen LogP contribution in [0.15, 0.2) is 30.6 Å². The number of fused-ring (bicyclic) bond motifs is 1. The lowest BCUT2D eigenvalue weighted by Gasteiger charge is -2.22. The van der Waals surface area contributed by atoms with Crippen molar-refractivity contribution >= 4 is 6.09 Å². The van der Waals surface area contributed by atoms with Crippen LogP contribution < -0.4 is 5.32 Å². The molecule has 0 radical (unpaired) electrons. The minimum absolute atomic E-state index is 0.205. The summed E-state index contributed by atoms with van der Waals surface area (Å²) in [6.45, 7) is 5.86. The summed E-state index contributed by atoms with van der Waals surface area (Å²) in [4.78, 5) is 16.5. The van der Waals surface area contributed by atoms with E-state index in [-0.39, 0.29) is 12.0 Å². The van der Waals surface area contributed by atoms with E-state index in [2.05, 4.69) is 10.3 Å². The number of nitrogens with one attached hydrogen (secondary N) is 1.